The summed E-state index contributed by atoms with van der Waals surface area (Å²) in [5.74, 6) is 2.05. The van der Waals surface area contributed by atoms with Gasteiger partial charge in [-0.3, -0.25) is 4.79 Å². The van der Waals surface area contributed by atoms with E-state index in [2.05, 4.69) is 42.9 Å². The van der Waals surface area contributed by atoms with Gasteiger partial charge in [-0.05, 0) is 43.5 Å². The molecular weight excluding hydrogens is 464 g/mol. The van der Waals surface area contributed by atoms with Crippen LogP contribution in [-0.2, 0) is 17.9 Å². The molecule has 1 aromatic carbocycles. The summed E-state index contributed by atoms with van der Waals surface area (Å²) in [5, 5.41) is 12.5. The maximum absolute atomic E-state index is 12.1. The summed E-state index contributed by atoms with van der Waals surface area (Å²) in [6.07, 6.45) is 9.58. The van der Waals surface area contributed by atoms with Crippen LogP contribution >= 0.6 is 27.7 Å². The van der Waals surface area contributed by atoms with Gasteiger partial charge < -0.3 is 14.6 Å². The summed E-state index contributed by atoms with van der Waals surface area (Å²) in [4.78, 5) is 12.1. The first-order valence-electron chi connectivity index (χ1n) is 10.9. The number of carbonyl (C=O) groups excluding carboxylic acids is 1. The molecule has 6 nitrogen and oxygen atoms in total. The fourth-order valence-electron chi connectivity index (χ4n) is 3.11. The molecule has 1 aliphatic carbocycles. The van der Waals surface area contributed by atoms with Crippen molar-refractivity contribution in [1.82, 2.24) is 20.1 Å². The Bertz CT molecular complexity index is 793. The second kappa shape index (κ2) is 12.3. The molecule has 1 N–H and O–H groups in total. The summed E-state index contributed by atoms with van der Waals surface area (Å²) < 4.78 is 9.05. The first-order chi connectivity index (χ1) is 14.7. The molecule has 1 heterocycles. The van der Waals surface area contributed by atoms with Gasteiger partial charge >= 0.3 is 0 Å². The molecule has 0 atom stereocenters. The zero-order chi connectivity index (χ0) is 21.2. The highest BCUT2D eigenvalue weighted by Crippen LogP contribution is 2.22. The van der Waals surface area contributed by atoms with Crippen LogP contribution in [0.4, 0.5) is 0 Å². The number of rotatable bonds is 14. The minimum absolute atomic E-state index is 0.0734. The molecule has 1 saturated carbocycles. The molecule has 0 bridgehead atoms. The second-order valence-electron chi connectivity index (χ2n) is 7.69. The molecule has 164 valence electrons. The van der Waals surface area contributed by atoms with E-state index in [1.165, 1.54) is 43.9 Å². The Hall–Kier alpha value is -1.54. The van der Waals surface area contributed by atoms with Crippen molar-refractivity contribution in [2.45, 2.75) is 82.6 Å². The number of unbranched alkanes of at least 4 members (excludes halogenated alkanes) is 5. The van der Waals surface area contributed by atoms with Crippen LogP contribution in [0.5, 0.6) is 5.75 Å². The third-order valence-electron chi connectivity index (χ3n) is 4.99. The van der Waals surface area contributed by atoms with Gasteiger partial charge in [0.15, 0.2) is 11.0 Å². The van der Waals surface area contributed by atoms with Gasteiger partial charge in [-0.15, -0.1) is 10.2 Å². The number of benzene rings is 1. The minimum Gasteiger partial charge on any atom is -0.486 e. The number of thioether (sulfide) groups is 1. The average Bonchev–Trinajstić information content (AvgIpc) is 3.47. The van der Waals surface area contributed by atoms with Gasteiger partial charge in [0.25, 0.3) is 0 Å². The standard InChI is InChI=1S/C22H31BrN4O2S/c1-2-3-4-5-6-7-14-27-20(15-29-19-12-8-17(23)9-13-19)25-26-22(27)30-16-21(28)24-18-10-11-18/h8-9,12-13,18H,2-7,10-11,14-16H2,1H3,(H,24,28). The van der Waals surface area contributed by atoms with E-state index >= 15 is 0 Å². The van der Waals surface area contributed by atoms with Gasteiger partial charge in [0, 0.05) is 17.1 Å². The zero-order valence-corrected chi connectivity index (χ0v) is 20.0. The Kier molecular flexibility index (Phi) is 9.52. The fraction of sp³-hybridized carbons (Fsp3) is 0.591. The first-order valence-corrected chi connectivity index (χ1v) is 12.7. The number of ether oxygens (including phenoxy) is 1. The summed E-state index contributed by atoms with van der Waals surface area (Å²) in [6.45, 7) is 3.45. The third-order valence-corrected chi connectivity index (χ3v) is 6.48. The molecule has 2 aromatic rings. The van der Waals surface area contributed by atoms with Crippen molar-refractivity contribution in [3.05, 3.63) is 34.6 Å². The molecular formula is C22H31BrN4O2S. The van der Waals surface area contributed by atoms with E-state index in [4.69, 9.17) is 4.74 Å². The van der Waals surface area contributed by atoms with Crippen LogP contribution in [0.1, 0.15) is 64.1 Å². The summed E-state index contributed by atoms with van der Waals surface area (Å²) in [6, 6.07) is 8.15. The Morgan fingerprint density at radius 1 is 1.17 bits per heavy atom. The predicted molar refractivity (Wildman–Crippen MR) is 124 cm³/mol. The molecule has 1 aromatic heterocycles. The van der Waals surface area contributed by atoms with Crippen molar-refractivity contribution < 1.29 is 9.53 Å². The Labute approximate surface area is 191 Å². The second-order valence-corrected chi connectivity index (χ2v) is 9.55. The maximum Gasteiger partial charge on any atom is 0.230 e. The normalized spacial score (nSPS) is 13.4. The van der Waals surface area contributed by atoms with Crippen LogP contribution in [0.3, 0.4) is 0 Å². The van der Waals surface area contributed by atoms with Crippen molar-refractivity contribution >= 4 is 33.6 Å². The van der Waals surface area contributed by atoms with Crippen molar-refractivity contribution in [3.8, 4) is 5.75 Å². The van der Waals surface area contributed by atoms with Gasteiger partial charge in [-0.2, -0.15) is 0 Å². The summed E-state index contributed by atoms with van der Waals surface area (Å²) in [7, 11) is 0. The van der Waals surface area contributed by atoms with Crippen LogP contribution < -0.4 is 10.1 Å². The molecule has 1 fully saturated rings. The monoisotopic (exact) mass is 494 g/mol. The number of halogens is 1. The van der Waals surface area contributed by atoms with E-state index in [1.54, 1.807) is 0 Å². The molecule has 1 amide bonds. The Morgan fingerprint density at radius 2 is 1.90 bits per heavy atom. The number of nitrogens with zero attached hydrogens (tertiary/aromatic N) is 3. The van der Waals surface area contributed by atoms with Crippen LogP contribution in [0.2, 0.25) is 0 Å². The van der Waals surface area contributed by atoms with Gasteiger partial charge in [-0.1, -0.05) is 66.7 Å². The number of carbonyl (C=O) groups is 1. The van der Waals surface area contributed by atoms with Gasteiger partial charge in [-0.25, -0.2) is 0 Å². The highest BCUT2D eigenvalue weighted by atomic mass is 79.9. The fourth-order valence-corrected chi connectivity index (χ4v) is 4.17. The molecule has 0 aliphatic heterocycles. The van der Waals surface area contributed by atoms with Gasteiger partial charge in [0.2, 0.25) is 5.91 Å². The molecule has 3 rings (SSSR count). The van der Waals surface area contributed by atoms with Gasteiger partial charge in [0.05, 0.1) is 5.75 Å². The lowest BCUT2D eigenvalue weighted by atomic mass is 10.1. The quantitative estimate of drug-likeness (QED) is 0.283. The minimum atomic E-state index is 0.0734. The number of aromatic nitrogens is 3. The van der Waals surface area contributed by atoms with Crippen LogP contribution in [0.25, 0.3) is 0 Å². The predicted octanol–water partition coefficient (Wildman–Crippen LogP) is 5.35. The third kappa shape index (κ3) is 7.95. The molecule has 8 heteroatoms. The van der Waals surface area contributed by atoms with E-state index in [9.17, 15) is 4.79 Å². The topological polar surface area (TPSA) is 69.0 Å². The van der Waals surface area contributed by atoms with E-state index < -0.39 is 0 Å². The Morgan fingerprint density at radius 3 is 2.63 bits per heavy atom. The zero-order valence-electron chi connectivity index (χ0n) is 17.6. The highest BCUT2D eigenvalue weighted by molar-refractivity contribution is 9.10. The first kappa shape index (κ1) is 23.1. The van der Waals surface area contributed by atoms with Gasteiger partial charge in [0.1, 0.15) is 12.4 Å². The SMILES string of the molecule is CCCCCCCCn1c(COc2ccc(Br)cc2)nnc1SCC(=O)NC1CC1. The van der Waals surface area contributed by atoms with Crippen molar-refractivity contribution in [1.29, 1.82) is 0 Å². The molecule has 0 saturated heterocycles. The van der Waals surface area contributed by atoms with Crippen molar-refractivity contribution in [3.63, 3.8) is 0 Å². The summed E-state index contributed by atoms with van der Waals surface area (Å²) >= 11 is 4.89. The average molecular weight is 495 g/mol. The van der Waals surface area contributed by atoms with E-state index in [1.807, 2.05) is 24.3 Å². The molecule has 30 heavy (non-hydrogen) atoms. The van der Waals surface area contributed by atoms with Crippen molar-refractivity contribution in [2.24, 2.45) is 0 Å². The molecule has 0 spiro atoms. The maximum atomic E-state index is 12.1. The van der Waals surface area contributed by atoms with E-state index in [-0.39, 0.29) is 5.91 Å². The van der Waals surface area contributed by atoms with Crippen LogP contribution in [0.15, 0.2) is 33.9 Å². The molecule has 0 unspecified atom stereocenters. The number of amides is 1. The van der Waals surface area contributed by atoms with Crippen LogP contribution in [0, 0.1) is 0 Å². The summed E-state index contributed by atoms with van der Waals surface area (Å²) in [5.41, 5.74) is 0. The molecule has 0 radical (unpaired) electrons. The smallest absolute Gasteiger partial charge is 0.230 e. The van der Waals surface area contributed by atoms with Crippen molar-refractivity contribution in [2.75, 3.05) is 5.75 Å². The van der Waals surface area contributed by atoms with Crippen LogP contribution in [-0.4, -0.2) is 32.5 Å². The lowest BCUT2D eigenvalue weighted by Crippen LogP contribution is -2.27. The number of hydrogen-bond donors (Lipinski definition) is 1. The number of hydrogen-bond acceptors (Lipinski definition) is 5. The largest absolute Gasteiger partial charge is 0.486 e. The Balaban J connectivity index is 1.56. The number of nitrogens with one attached hydrogen (secondary N) is 1. The van der Waals surface area contributed by atoms with E-state index in [0.717, 1.165) is 47.0 Å². The van der Waals surface area contributed by atoms with E-state index in [0.29, 0.717) is 18.4 Å². The lowest BCUT2D eigenvalue weighted by Gasteiger charge is -2.11. The highest BCUT2D eigenvalue weighted by Gasteiger charge is 2.23. The lowest BCUT2D eigenvalue weighted by molar-refractivity contribution is -0.118. The molecule has 1 aliphatic rings.